The summed E-state index contributed by atoms with van der Waals surface area (Å²) in [4.78, 5) is 0. The topological polar surface area (TPSA) is 68.2 Å². The van der Waals surface area contributed by atoms with Crippen LogP contribution in [0.5, 0.6) is 17.2 Å². The molecule has 2 aromatic carbocycles. The zero-order chi connectivity index (χ0) is 17.5. The van der Waals surface area contributed by atoms with Gasteiger partial charge in [-0.1, -0.05) is 30.3 Å². The molecular formula is C19H24O5. The number of hydrogen-bond acceptors (Lipinski definition) is 5. The lowest BCUT2D eigenvalue weighted by atomic mass is 9.90. The lowest BCUT2D eigenvalue weighted by Gasteiger charge is -2.23. The monoisotopic (exact) mass is 332 g/mol. The lowest BCUT2D eigenvalue weighted by molar-refractivity contribution is 0.0665. The normalized spacial score (nSPS) is 13.2. The summed E-state index contributed by atoms with van der Waals surface area (Å²) in [5, 5.41) is 20.5. The molecule has 2 aromatic rings. The second-order valence-electron chi connectivity index (χ2n) is 5.54. The van der Waals surface area contributed by atoms with Gasteiger partial charge < -0.3 is 24.4 Å². The lowest BCUT2D eigenvalue weighted by Crippen LogP contribution is -2.19. The van der Waals surface area contributed by atoms with Gasteiger partial charge in [0, 0.05) is 12.5 Å². The molecule has 130 valence electrons. The Hall–Kier alpha value is -2.24. The molecular weight excluding hydrogens is 308 g/mol. The third kappa shape index (κ3) is 3.99. The summed E-state index contributed by atoms with van der Waals surface area (Å²) in [6.45, 7) is -0.132. The van der Waals surface area contributed by atoms with Gasteiger partial charge in [0.05, 0.1) is 27.4 Å². The Kier molecular flexibility index (Phi) is 6.46. The zero-order valence-electron chi connectivity index (χ0n) is 14.2. The van der Waals surface area contributed by atoms with Crippen LogP contribution in [0.2, 0.25) is 0 Å². The van der Waals surface area contributed by atoms with Gasteiger partial charge in [-0.2, -0.15) is 0 Å². The highest BCUT2D eigenvalue weighted by molar-refractivity contribution is 5.54. The van der Waals surface area contributed by atoms with Crippen molar-refractivity contribution in [2.75, 3.05) is 27.9 Å². The maximum absolute atomic E-state index is 10.7. The van der Waals surface area contributed by atoms with Gasteiger partial charge in [0.1, 0.15) is 0 Å². The summed E-state index contributed by atoms with van der Waals surface area (Å²) in [6.07, 6.45) is -0.293. The van der Waals surface area contributed by atoms with Crippen LogP contribution in [0.4, 0.5) is 0 Å². The van der Waals surface area contributed by atoms with Crippen LogP contribution in [0.25, 0.3) is 0 Å². The number of aliphatic hydroxyl groups excluding tert-OH is 2. The number of ether oxygens (including phenoxy) is 3. The Morgan fingerprint density at radius 3 is 1.96 bits per heavy atom. The molecule has 0 heterocycles. The molecule has 0 radical (unpaired) electrons. The first kappa shape index (κ1) is 18.1. The minimum Gasteiger partial charge on any atom is -0.493 e. The van der Waals surface area contributed by atoms with E-state index >= 15 is 0 Å². The highest BCUT2D eigenvalue weighted by Crippen LogP contribution is 2.41. The van der Waals surface area contributed by atoms with E-state index in [0.29, 0.717) is 29.2 Å². The quantitative estimate of drug-likeness (QED) is 0.778. The van der Waals surface area contributed by atoms with Crippen LogP contribution in [0, 0.1) is 5.92 Å². The van der Waals surface area contributed by atoms with E-state index in [4.69, 9.17) is 14.2 Å². The smallest absolute Gasteiger partial charge is 0.203 e. The van der Waals surface area contributed by atoms with Crippen molar-refractivity contribution in [3.05, 3.63) is 53.6 Å². The highest BCUT2D eigenvalue weighted by atomic mass is 16.5. The van der Waals surface area contributed by atoms with E-state index in [0.717, 1.165) is 5.56 Å². The maximum Gasteiger partial charge on any atom is 0.203 e. The maximum atomic E-state index is 10.7. The van der Waals surface area contributed by atoms with Crippen molar-refractivity contribution in [1.82, 2.24) is 0 Å². The Balaban J connectivity index is 2.31. The fourth-order valence-electron chi connectivity index (χ4n) is 2.74. The van der Waals surface area contributed by atoms with Crippen molar-refractivity contribution in [2.24, 2.45) is 5.92 Å². The SMILES string of the molecule is COc1cc(C(O)C(CO)Cc2ccccc2)cc(OC)c1OC. The Morgan fingerprint density at radius 1 is 0.917 bits per heavy atom. The van der Waals surface area contributed by atoms with E-state index in [1.165, 1.54) is 21.3 Å². The van der Waals surface area contributed by atoms with Crippen LogP contribution in [-0.4, -0.2) is 38.1 Å². The van der Waals surface area contributed by atoms with Crippen LogP contribution in [0.3, 0.4) is 0 Å². The summed E-state index contributed by atoms with van der Waals surface area (Å²) in [6, 6.07) is 13.2. The Bertz CT molecular complexity index is 616. The summed E-state index contributed by atoms with van der Waals surface area (Å²) >= 11 is 0. The molecule has 0 aliphatic carbocycles. The summed E-state index contributed by atoms with van der Waals surface area (Å²) in [7, 11) is 4.59. The third-order valence-corrected chi connectivity index (χ3v) is 4.05. The molecule has 0 aromatic heterocycles. The first-order chi connectivity index (χ1) is 11.6. The minimum absolute atomic E-state index is 0.132. The molecule has 0 aliphatic heterocycles. The van der Waals surface area contributed by atoms with E-state index in [1.807, 2.05) is 30.3 Å². The summed E-state index contributed by atoms with van der Waals surface area (Å²) in [5.74, 6) is 1.08. The van der Waals surface area contributed by atoms with Crippen molar-refractivity contribution in [3.63, 3.8) is 0 Å². The van der Waals surface area contributed by atoms with Crippen LogP contribution < -0.4 is 14.2 Å². The van der Waals surface area contributed by atoms with Gasteiger partial charge in [0.15, 0.2) is 11.5 Å². The van der Waals surface area contributed by atoms with Crippen molar-refractivity contribution >= 4 is 0 Å². The van der Waals surface area contributed by atoms with Crippen LogP contribution in [0.15, 0.2) is 42.5 Å². The molecule has 2 N–H and O–H groups in total. The average molecular weight is 332 g/mol. The molecule has 24 heavy (non-hydrogen) atoms. The van der Waals surface area contributed by atoms with Gasteiger partial charge in [-0.25, -0.2) is 0 Å². The van der Waals surface area contributed by atoms with Crippen molar-refractivity contribution in [1.29, 1.82) is 0 Å². The first-order valence-corrected chi connectivity index (χ1v) is 7.77. The van der Waals surface area contributed by atoms with Gasteiger partial charge in [-0.3, -0.25) is 0 Å². The largest absolute Gasteiger partial charge is 0.493 e. The first-order valence-electron chi connectivity index (χ1n) is 7.77. The van der Waals surface area contributed by atoms with Crippen LogP contribution >= 0.6 is 0 Å². The second kappa shape index (κ2) is 8.57. The zero-order valence-corrected chi connectivity index (χ0v) is 14.2. The van der Waals surface area contributed by atoms with E-state index in [-0.39, 0.29) is 12.5 Å². The van der Waals surface area contributed by atoms with Crippen molar-refractivity contribution in [3.8, 4) is 17.2 Å². The third-order valence-electron chi connectivity index (χ3n) is 4.05. The van der Waals surface area contributed by atoms with Crippen molar-refractivity contribution in [2.45, 2.75) is 12.5 Å². The van der Waals surface area contributed by atoms with Gasteiger partial charge in [0.2, 0.25) is 5.75 Å². The molecule has 0 saturated carbocycles. The standard InChI is InChI=1S/C19H24O5/c1-22-16-10-14(11-17(23-2)19(16)24-3)18(21)15(12-20)9-13-7-5-4-6-8-13/h4-8,10-11,15,18,20-21H,9,12H2,1-3H3. The van der Waals surface area contributed by atoms with E-state index < -0.39 is 6.10 Å². The number of benzene rings is 2. The number of rotatable bonds is 8. The van der Waals surface area contributed by atoms with Gasteiger partial charge in [-0.05, 0) is 29.7 Å². The molecule has 5 nitrogen and oxygen atoms in total. The molecule has 5 heteroatoms. The van der Waals surface area contributed by atoms with E-state index in [9.17, 15) is 10.2 Å². The number of aliphatic hydroxyl groups is 2. The fraction of sp³-hybridized carbons (Fsp3) is 0.368. The molecule has 2 unspecified atom stereocenters. The predicted molar refractivity (Wildman–Crippen MR) is 91.8 cm³/mol. The molecule has 0 fully saturated rings. The van der Waals surface area contributed by atoms with Gasteiger partial charge >= 0.3 is 0 Å². The van der Waals surface area contributed by atoms with Crippen LogP contribution in [-0.2, 0) is 6.42 Å². The Morgan fingerprint density at radius 2 is 1.50 bits per heavy atom. The second-order valence-corrected chi connectivity index (χ2v) is 5.54. The van der Waals surface area contributed by atoms with E-state index in [1.54, 1.807) is 12.1 Å². The van der Waals surface area contributed by atoms with Gasteiger partial charge in [0.25, 0.3) is 0 Å². The molecule has 0 amide bonds. The molecule has 0 aliphatic rings. The highest BCUT2D eigenvalue weighted by Gasteiger charge is 2.24. The van der Waals surface area contributed by atoms with Crippen molar-refractivity contribution < 1.29 is 24.4 Å². The molecule has 0 spiro atoms. The molecule has 2 rings (SSSR count). The Labute approximate surface area is 142 Å². The number of methoxy groups -OCH3 is 3. The van der Waals surface area contributed by atoms with Gasteiger partial charge in [-0.15, -0.1) is 0 Å². The average Bonchev–Trinajstić information content (AvgIpc) is 2.64. The molecule has 0 saturated heterocycles. The molecule has 2 atom stereocenters. The molecule has 0 bridgehead atoms. The predicted octanol–water partition coefficient (Wildman–Crippen LogP) is 2.60. The minimum atomic E-state index is -0.857. The fourth-order valence-corrected chi connectivity index (χ4v) is 2.74. The number of hydrogen-bond donors (Lipinski definition) is 2. The summed E-state index contributed by atoms with van der Waals surface area (Å²) in [5.41, 5.74) is 1.67. The van der Waals surface area contributed by atoms with Crippen LogP contribution in [0.1, 0.15) is 17.2 Å². The van der Waals surface area contributed by atoms with E-state index in [2.05, 4.69) is 0 Å². The summed E-state index contributed by atoms with van der Waals surface area (Å²) < 4.78 is 15.9.